The molecule has 1 heterocycles. The van der Waals surface area contributed by atoms with Crippen molar-refractivity contribution in [2.75, 3.05) is 11.9 Å². The number of nitrogens with zero attached hydrogens (tertiary/aromatic N) is 1. The highest BCUT2D eigenvalue weighted by molar-refractivity contribution is 6.37. The predicted molar refractivity (Wildman–Crippen MR) is 109 cm³/mol. The number of anilines is 1. The Bertz CT molecular complexity index is 930. The molecule has 0 radical (unpaired) electrons. The first-order valence-electron chi connectivity index (χ1n) is 8.98. The van der Waals surface area contributed by atoms with Gasteiger partial charge in [-0.05, 0) is 49.1 Å². The van der Waals surface area contributed by atoms with Crippen LogP contribution in [0, 0.1) is 19.8 Å². The zero-order valence-electron chi connectivity index (χ0n) is 16.0. The Morgan fingerprint density at radius 2 is 1.67 bits per heavy atom. The molecule has 0 fully saturated rings. The van der Waals surface area contributed by atoms with Gasteiger partial charge in [0.05, 0.1) is 5.57 Å². The summed E-state index contributed by atoms with van der Waals surface area (Å²) >= 11 is 5.99. The van der Waals surface area contributed by atoms with Gasteiger partial charge in [0.1, 0.15) is 5.70 Å². The molecule has 0 bridgehead atoms. The molecule has 0 atom stereocenters. The molecule has 0 spiro atoms. The number of hydrogen-bond acceptors (Lipinski definition) is 3. The van der Waals surface area contributed by atoms with Crippen LogP contribution in [0.15, 0.2) is 48.2 Å². The summed E-state index contributed by atoms with van der Waals surface area (Å²) < 4.78 is 0. The SMILES string of the molecule is Cc1ccc(NC2=C(c3ccc(Cl)cc3)C(=O)N(CC(C)C)C2=O)c(C)c1. The van der Waals surface area contributed by atoms with Gasteiger partial charge in [-0.3, -0.25) is 14.5 Å². The Morgan fingerprint density at radius 3 is 2.26 bits per heavy atom. The number of aryl methyl sites for hydroxylation is 2. The van der Waals surface area contributed by atoms with Gasteiger partial charge in [-0.15, -0.1) is 0 Å². The molecule has 0 unspecified atom stereocenters. The third kappa shape index (κ3) is 3.91. The second-order valence-corrected chi connectivity index (χ2v) is 7.75. The number of carbonyl (C=O) groups excluding carboxylic acids is 2. The predicted octanol–water partition coefficient (Wildman–Crippen LogP) is 4.80. The van der Waals surface area contributed by atoms with E-state index in [4.69, 9.17) is 11.6 Å². The van der Waals surface area contributed by atoms with Crippen LogP contribution in [0.4, 0.5) is 5.69 Å². The van der Waals surface area contributed by atoms with Gasteiger partial charge in [0, 0.05) is 17.3 Å². The molecule has 0 saturated heterocycles. The molecule has 27 heavy (non-hydrogen) atoms. The quantitative estimate of drug-likeness (QED) is 0.755. The molecule has 3 rings (SSSR count). The number of nitrogens with one attached hydrogen (secondary N) is 1. The van der Waals surface area contributed by atoms with E-state index < -0.39 is 0 Å². The van der Waals surface area contributed by atoms with Crippen LogP contribution in [0.25, 0.3) is 5.57 Å². The van der Waals surface area contributed by atoms with Gasteiger partial charge in [-0.25, -0.2) is 0 Å². The third-order valence-corrected chi connectivity index (χ3v) is 4.74. The summed E-state index contributed by atoms with van der Waals surface area (Å²) in [5.74, 6) is -0.383. The van der Waals surface area contributed by atoms with E-state index >= 15 is 0 Å². The monoisotopic (exact) mass is 382 g/mol. The molecular formula is C22H23ClN2O2. The van der Waals surface area contributed by atoms with Crippen LogP contribution in [-0.2, 0) is 9.59 Å². The van der Waals surface area contributed by atoms with Crippen LogP contribution in [0.1, 0.15) is 30.5 Å². The molecule has 4 nitrogen and oxygen atoms in total. The fraction of sp³-hybridized carbons (Fsp3) is 0.273. The highest BCUT2D eigenvalue weighted by atomic mass is 35.5. The maximum Gasteiger partial charge on any atom is 0.278 e. The number of amides is 2. The number of rotatable bonds is 5. The van der Waals surface area contributed by atoms with E-state index in [1.54, 1.807) is 24.3 Å². The second kappa shape index (κ2) is 7.57. The molecule has 5 heteroatoms. The van der Waals surface area contributed by atoms with E-state index in [1.807, 2.05) is 45.9 Å². The Labute approximate surface area is 164 Å². The van der Waals surface area contributed by atoms with E-state index in [1.165, 1.54) is 4.90 Å². The van der Waals surface area contributed by atoms with E-state index in [2.05, 4.69) is 5.32 Å². The van der Waals surface area contributed by atoms with Crippen molar-refractivity contribution in [2.45, 2.75) is 27.7 Å². The van der Waals surface area contributed by atoms with Gasteiger partial charge < -0.3 is 5.32 Å². The average Bonchev–Trinajstić information content (AvgIpc) is 2.82. The molecule has 1 aliphatic heterocycles. The summed E-state index contributed by atoms with van der Waals surface area (Å²) in [4.78, 5) is 27.4. The Hall–Kier alpha value is -2.59. The zero-order valence-corrected chi connectivity index (χ0v) is 16.7. The van der Waals surface area contributed by atoms with E-state index in [0.717, 1.165) is 16.8 Å². The lowest BCUT2D eigenvalue weighted by molar-refractivity contribution is -0.137. The van der Waals surface area contributed by atoms with Crippen molar-refractivity contribution >= 4 is 34.7 Å². The first-order chi connectivity index (χ1) is 12.8. The zero-order chi connectivity index (χ0) is 19.7. The van der Waals surface area contributed by atoms with E-state index in [0.29, 0.717) is 28.4 Å². The van der Waals surface area contributed by atoms with Crippen LogP contribution in [0.5, 0.6) is 0 Å². The lowest BCUT2D eigenvalue weighted by Gasteiger charge is -2.17. The maximum atomic E-state index is 13.1. The van der Waals surface area contributed by atoms with Crippen molar-refractivity contribution in [1.82, 2.24) is 4.90 Å². The highest BCUT2D eigenvalue weighted by Crippen LogP contribution is 2.32. The summed E-state index contributed by atoms with van der Waals surface area (Å²) in [5.41, 5.74) is 4.35. The molecule has 2 aromatic rings. The lowest BCUT2D eigenvalue weighted by atomic mass is 10.0. The largest absolute Gasteiger partial charge is 0.350 e. The van der Waals surface area contributed by atoms with E-state index in [9.17, 15) is 9.59 Å². The fourth-order valence-corrected chi connectivity index (χ4v) is 3.32. The molecule has 1 aliphatic rings. The number of halogens is 1. The maximum absolute atomic E-state index is 13.1. The minimum Gasteiger partial charge on any atom is -0.350 e. The Morgan fingerprint density at radius 1 is 1.00 bits per heavy atom. The molecule has 0 saturated carbocycles. The molecule has 140 valence electrons. The molecule has 1 N–H and O–H groups in total. The fourth-order valence-electron chi connectivity index (χ4n) is 3.20. The van der Waals surface area contributed by atoms with Gasteiger partial charge in [-0.1, -0.05) is 55.3 Å². The van der Waals surface area contributed by atoms with Crippen LogP contribution in [0.3, 0.4) is 0 Å². The van der Waals surface area contributed by atoms with Crippen molar-refractivity contribution in [3.8, 4) is 0 Å². The highest BCUT2D eigenvalue weighted by Gasteiger charge is 2.39. The van der Waals surface area contributed by atoms with Crippen molar-refractivity contribution in [2.24, 2.45) is 5.92 Å². The summed E-state index contributed by atoms with van der Waals surface area (Å²) in [6.45, 7) is 8.34. The summed E-state index contributed by atoms with van der Waals surface area (Å²) in [6, 6.07) is 12.9. The van der Waals surface area contributed by atoms with Gasteiger partial charge in [0.2, 0.25) is 0 Å². The number of hydrogen-bond donors (Lipinski definition) is 1. The van der Waals surface area contributed by atoms with Crippen molar-refractivity contribution in [1.29, 1.82) is 0 Å². The number of carbonyl (C=O) groups is 2. The standard InChI is InChI=1S/C22H23ClN2O2/c1-13(2)12-25-21(26)19(16-6-8-17(23)9-7-16)20(22(25)27)24-18-10-5-14(3)11-15(18)4/h5-11,13,24H,12H2,1-4H3. The third-order valence-electron chi connectivity index (χ3n) is 4.49. The van der Waals surface area contributed by atoms with Crippen molar-refractivity contribution in [3.63, 3.8) is 0 Å². The van der Waals surface area contributed by atoms with Crippen LogP contribution in [0.2, 0.25) is 5.02 Å². The molecule has 2 amide bonds. The first-order valence-corrected chi connectivity index (χ1v) is 9.36. The second-order valence-electron chi connectivity index (χ2n) is 7.32. The lowest BCUT2D eigenvalue weighted by Crippen LogP contribution is -2.35. The van der Waals surface area contributed by atoms with Crippen LogP contribution < -0.4 is 5.32 Å². The van der Waals surface area contributed by atoms with Gasteiger partial charge in [0.25, 0.3) is 11.8 Å². The first kappa shape index (κ1) is 19.2. The average molecular weight is 383 g/mol. The number of imide groups is 1. The normalized spacial score (nSPS) is 14.5. The molecular weight excluding hydrogens is 360 g/mol. The summed E-state index contributed by atoms with van der Waals surface area (Å²) in [6.07, 6.45) is 0. The molecule has 0 aliphatic carbocycles. The van der Waals surface area contributed by atoms with Crippen molar-refractivity contribution in [3.05, 3.63) is 69.9 Å². The molecule has 2 aromatic carbocycles. The van der Waals surface area contributed by atoms with Gasteiger partial charge in [0.15, 0.2) is 0 Å². The Balaban J connectivity index is 2.08. The minimum atomic E-state index is -0.293. The summed E-state index contributed by atoms with van der Waals surface area (Å²) in [7, 11) is 0. The van der Waals surface area contributed by atoms with Crippen LogP contribution in [-0.4, -0.2) is 23.3 Å². The minimum absolute atomic E-state index is 0.185. The topological polar surface area (TPSA) is 49.4 Å². The smallest absolute Gasteiger partial charge is 0.278 e. The van der Waals surface area contributed by atoms with E-state index in [-0.39, 0.29) is 17.7 Å². The van der Waals surface area contributed by atoms with Crippen LogP contribution >= 0.6 is 11.6 Å². The molecule has 0 aromatic heterocycles. The van der Waals surface area contributed by atoms with Gasteiger partial charge >= 0.3 is 0 Å². The summed E-state index contributed by atoms with van der Waals surface area (Å²) in [5, 5.41) is 3.80. The van der Waals surface area contributed by atoms with Gasteiger partial charge in [-0.2, -0.15) is 0 Å². The van der Waals surface area contributed by atoms with Crippen molar-refractivity contribution < 1.29 is 9.59 Å². The Kier molecular flexibility index (Phi) is 5.38. The number of benzene rings is 2.